The van der Waals surface area contributed by atoms with E-state index < -0.39 is 0 Å². The van der Waals surface area contributed by atoms with E-state index in [0.29, 0.717) is 0 Å². The molecular weight excluding hydrogens is 148 g/mol. The van der Waals surface area contributed by atoms with E-state index >= 15 is 0 Å². The van der Waals surface area contributed by atoms with E-state index in [2.05, 4.69) is 48.3 Å². The van der Waals surface area contributed by atoms with Gasteiger partial charge in [0.25, 0.3) is 0 Å². The predicted molar refractivity (Wildman–Crippen MR) is 48.0 cm³/mol. The number of aryl methyl sites for hydroxylation is 1. The van der Waals surface area contributed by atoms with Crippen molar-refractivity contribution in [2.75, 3.05) is 0 Å². The molecular formula is C10H12N2. The molecule has 0 saturated carbocycles. The van der Waals surface area contributed by atoms with Gasteiger partial charge in [-0.15, -0.1) is 0 Å². The zero-order chi connectivity index (χ0) is 8.60. The Morgan fingerprint density at radius 2 is 1.75 bits per heavy atom. The summed E-state index contributed by atoms with van der Waals surface area (Å²) < 4.78 is 0. The maximum Gasteiger partial charge on any atom is 0.215 e. The molecule has 2 heteroatoms. The summed E-state index contributed by atoms with van der Waals surface area (Å²) in [5.74, 6) is 0. The van der Waals surface area contributed by atoms with Crippen LogP contribution >= 0.6 is 0 Å². The third kappa shape index (κ3) is 1.04. The molecule has 0 fully saturated rings. The van der Waals surface area contributed by atoms with Crippen molar-refractivity contribution in [3.8, 4) is 0 Å². The zero-order valence-electron chi connectivity index (χ0n) is 7.41. The zero-order valence-corrected chi connectivity index (χ0v) is 7.41. The molecule has 1 aromatic rings. The minimum atomic E-state index is -0.173. The molecule has 62 valence electrons. The first-order valence-corrected chi connectivity index (χ1v) is 4.28. The average Bonchev–Trinajstić information content (AvgIpc) is 2.86. The summed E-state index contributed by atoms with van der Waals surface area (Å²) in [6, 6.07) is 8.43. The summed E-state index contributed by atoms with van der Waals surface area (Å²) >= 11 is 0. The van der Waals surface area contributed by atoms with Crippen LogP contribution in [0, 0.1) is 6.92 Å². The van der Waals surface area contributed by atoms with Crippen molar-refractivity contribution in [1.29, 1.82) is 0 Å². The van der Waals surface area contributed by atoms with Gasteiger partial charge in [0.1, 0.15) is 0 Å². The second kappa shape index (κ2) is 2.41. The number of benzene rings is 1. The van der Waals surface area contributed by atoms with Crippen LogP contribution in [0.15, 0.2) is 34.5 Å². The van der Waals surface area contributed by atoms with Crippen LogP contribution in [0.5, 0.6) is 0 Å². The lowest BCUT2D eigenvalue weighted by atomic mass is 10.00. The van der Waals surface area contributed by atoms with Gasteiger partial charge in [-0.05, 0) is 13.3 Å². The fraction of sp³-hybridized carbons (Fsp3) is 0.400. The van der Waals surface area contributed by atoms with Crippen molar-refractivity contribution < 1.29 is 0 Å². The molecule has 0 N–H and O–H groups in total. The Bertz CT molecular complexity index is 305. The monoisotopic (exact) mass is 160 g/mol. The van der Waals surface area contributed by atoms with E-state index in [1.54, 1.807) is 0 Å². The van der Waals surface area contributed by atoms with Gasteiger partial charge in [0.2, 0.25) is 5.66 Å². The number of nitrogens with zero attached hydrogens (tertiary/aromatic N) is 2. The summed E-state index contributed by atoms with van der Waals surface area (Å²) in [6.45, 7) is 4.20. The van der Waals surface area contributed by atoms with E-state index in [-0.39, 0.29) is 5.66 Å². The molecule has 2 rings (SSSR count). The van der Waals surface area contributed by atoms with Crippen LogP contribution in [-0.2, 0) is 5.66 Å². The lowest BCUT2D eigenvalue weighted by Gasteiger charge is -2.07. The first-order chi connectivity index (χ1) is 5.77. The maximum atomic E-state index is 4.08. The fourth-order valence-electron chi connectivity index (χ4n) is 1.34. The highest BCUT2D eigenvalue weighted by molar-refractivity contribution is 5.29. The average molecular weight is 160 g/mol. The SMILES string of the molecule is CCC1(c2ccc(C)cc2)N=N1. The Morgan fingerprint density at radius 3 is 2.17 bits per heavy atom. The largest absolute Gasteiger partial charge is 0.215 e. The Labute approximate surface area is 72.3 Å². The van der Waals surface area contributed by atoms with Crippen molar-refractivity contribution in [1.82, 2.24) is 0 Å². The third-order valence-corrected chi connectivity index (χ3v) is 2.35. The normalized spacial score (nSPS) is 17.8. The highest BCUT2D eigenvalue weighted by Gasteiger charge is 2.39. The molecule has 0 unspecified atom stereocenters. The van der Waals surface area contributed by atoms with Crippen LogP contribution in [0.2, 0.25) is 0 Å². The topological polar surface area (TPSA) is 24.7 Å². The molecule has 2 nitrogen and oxygen atoms in total. The van der Waals surface area contributed by atoms with Crippen molar-refractivity contribution in [2.45, 2.75) is 25.9 Å². The van der Waals surface area contributed by atoms with Gasteiger partial charge in [-0.3, -0.25) is 0 Å². The summed E-state index contributed by atoms with van der Waals surface area (Å²) in [5, 5.41) is 8.15. The van der Waals surface area contributed by atoms with E-state index in [4.69, 9.17) is 0 Å². The highest BCUT2D eigenvalue weighted by atomic mass is 15.4. The van der Waals surface area contributed by atoms with Gasteiger partial charge in [-0.25, -0.2) is 0 Å². The summed E-state index contributed by atoms with van der Waals surface area (Å²) in [6.07, 6.45) is 0.968. The molecule has 0 amide bonds. The first kappa shape index (κ1) is 7.47. The van der Waals surface area contributed by atoms with Gasteiger partial charge in [-0.1, -0.05) is 36.8 Å². The van der Waals surface area contributed by atoms with Gasteiger partial charge in [-0.2, -0.15) is 10.2 Å². The van der Waals surface area contributed by atoms with Crippen LogP contribution in [-0.4, -0.2) is 0 Å². The Balaban J connectivity index is 2.30. The van der Waals surface area contributed by atoms with E-state index in [0.717, 1.165) is 6.42 Å². The van der Waals surface area contributed by atoms with E-state index in [9.17, 15) is 0 Å². The van der Waals surface area contributed by atoms with Crippen LogP contribution < -0.4 is 0 Å². The van der Waals surface area contributed by atoms with Crippen molar-refractivity contribution in [2.24, 2.45) is 10.2 Å². The lowest BCUT2D eigenvalue weighted by Crippen LogP contribution is -2.05. The number of hydrogen-bond acceptors (Lipinski definition) is 2. The number of rotatable bonds is 2. The summed E-state index contributed by atoms with van der Waals surface area (Å²) in [4.78, 5) is 0. The molecule has 0 spiro atoms. The van der Waals surface area contributed by atoms with Crippen molar-refractivity contribution in [3.05, 3.63) is 35.4 Å². The molecule has 0 saturated heterocycles. The molecule has 0 radical (unpaired) electrons. The lowest BCUT2D eigenvalue weighted by molar-refractivity contribution is 0.618. The van der Waals surface area contributed by atoms with Gasteiger partial charge in [0.05, 0.1) is 0 Å². The van der Waals surface area contributed by atoms with Crippen molar-refractivity contribution in [3.63, 3.8) is 0 Å². The molecule has 0 aromatic heterocycles. The molecule has 1 aliphatic heterocycles. The summed E-state index contributed by atoms with van der Waals surface area (Å²) in [7, 11) is 0. The molecule has 1 aliphatic rings. The van der Waals surface area contributed by atoms with Crippen LogP contribution in [0.3, 0.4) is 0 Å². The predicted octanol–water partition coefficient (Wildman–Crippen LogP) is 3.02. The summed E-state index contributed by atoms with van der Waals surface area (Å²) in [5.41, 5.74) is 2.33. The maximum absolute atomic E-state index is 4.08. The fourth-order valence-corrected chi connectivity index (χ4v) is 1.34. The van der Waals surface area contributed by atoms with Gasteiger partial charge in [0, 0.05) is 5.56 Å². The van der Waals surface area contributed by atoms with Gasteiger partial charge >= 0.3 is 0 Å². The minimum Gasteiger partial charge on any atom is -0.154 e. The molecule has 12 heavy (non-hydrogen) atoms. The molecule has 1 heterocycles. The van der Waals surface area contributed by atoms with Crippen LogP contribution in [0.4, 0.5) is 0 Å². The molecule has 0 aliphatic carbocycles. The standard InChI is InChI=1S/C10H12N2/c1-3-10(11-12-10)9-6-4-8(2)5-7-9/h4-7H,3H2,1-2H3. The van der Waals surface area contributed by atoms with Gasteiger partial charge < -0.3 is 0 Å². The van der Waals surface area contributed by atoms with Crippen LogP contribution in [0.1, 0.15) is 24.5 Å². The Morgan fingerprint density at radius 1 is 1.17 bits per heavy atom. The third-order valence-electron chi connectivity index (χ3n) is 2.35. The molecule has 0 bridgehead atoms. The quantitative estimate of drug-likeness (QED) is 0.635. The van der Waals surface area contributed by atoms with E-state index in [1.165, 1.54) is 11.1 Å². The Hall–Kier alpha value is -1.18. The number of hydrogen-bond donors (Lipinski definition) is 0. The first-order valence-electron chi connectivity index (χ1n) is 4.28. The second-order valence-electron chi connectivity index (χ2n) is 3.24. The second-order valence-corrected chi connectivity index (χ2v) is 3.24. The van der Waals surface area contributed by atoms with Crippen LogP contribution in [0.25, 0.3) is 0 Å². The highest BCUT2D eigenvalue weighted by Crippen LogP contribution is 2.42. The van der Waals surface area contributed by atoms with Crippen molar-refractivity contribution >= 4 is 0 Å². The molecule has 1 aromatic carbocycles. The smallest absolute Gasteiger partial charge is 0.154 e. The Kier molecular flexibility index (Phi) is 1.50. The van der Waals surface area contributed by atoms with E-state index in [1.807, 2.05) is 0 Å². The van der Waals surface area contributed by atoms with Gasteiger partial charge in [0.15, 0.2) is 0 Å². The minimum absolute atomic E-state index is 0.173. The molecule has 0 atom stereocenters.